The fraction of sp³-hybridized carbons (Fsp3) is 0.0909. The van der Waals surface area contributed by atoms with E-state index in [9.17, 15) is 10.1 Å². The number of hydrogen-bond donors (Lipinski definition) is 1. The molecule has 0 radical (unpaired) electrons. The summed E-state index contributed by atoms with van der Waals surface area (Å²) in [5.74, 6) is -0.420. The van der Waals surface area contributed by atoms with E-state index >= 15 is 0 Å². The number of nitrogens with zero attached hydrogens (tertiary/aromatic N) is 2. The zero-order valence-electron chi connectivity index (χ0n) is 15.0. The lowest BCUT2D eigenvalue weighted by atomic mass is 10.1. The van der Waals surface area contributed by atoms with Gasteiger partial charge < -0.3 is 9.88 Å². The van der Waals surface area contributed by atoms with Crippen LogP contribution in [0.4, 0.5) is 5.69 Å². The van der Waals surface area contributed by atoms with E-state index in [-0.39, 0.29) is 5.57 Å². The molecule has 1 heterocycles. The van der Waals surface area contributed by atoms with E-state index < -0.39 is 5.91 Å². The molecule has 0 aliphatic heterocycles. The van der Waals surface area contributed by atoms with Gasteiger partial charge in [0.05, 0.1) is 0 Å². The Morgan fingerprint density at radius 1 is 1.11 bits per heavy atom. The standard InChI is InChI=1S/C22H18BrN3O/c1-15-11-17(16(2)26(15)21-10-6-7-19(23)13-21)12-18(14-24)22(27)25-20-8-4-3-5-9-20/h3-13H,1-2H3,(H,25,27)/b18-12-. The molecule has 3 rings (SSSR count). The molecule has 0 saturated carbocycles. The summed E-state index contributed by atoms with van der Waals surface area (Å²) in [6, 6.07) is 21.1. The van der Waals surface area contributed by atoms with Gasteiger partial charge in [-0.25, -0.2) is 0 Å². The maximum Gasteiger partial charge on any atom is 0.266 e. The Bertz CT molecular complexity index is 1060. The average molecular weight is 420 g/mol. The summed E-state index contributed by atoms with van der Waals surface area (Å²) in [4.78, 5) is 12.5. The number of hydrogen-bond acceptors (Lipinski definition) is 2. The first kappa shape index (κ1) is 18.7. The quantitative estimate of drug-likeness (QED) is 0.454. The van der Waals surface area contributed by atoms with Crippen LogP contribution < -0.4 is 5.32 Å². The fourth-order valence-electron chi connectivity index (χ4n) is 2.97. The van der Waals surface area contributed by atoms with Crippen molar-refractivity contribution in [2.75, 3.05) is 5.32 Å². The predicted octanol–water partition coefficient (Wildman–Crippen LogP) is 5.40. The van der Waals surface area contributed by atoms with E-state index in [0.29, 0.717) is 5.69 Å². The van der Waals surface area contributed by atoms with Crippen LogP contribution in [0.1, 0.15) is 17.0 Å². The third kappa shape index (κ3) is 4.18. The van der Waals surface area contributed by atoms with E-state index in [0.717, 1.165) is 27.1 Å². The molecule has 0 unspecified atom stereocenters. The van der Waals surface area contributed by atoms with E-state index in [1.54, 1.807) is 18.2 Å². The highest BCUT2D eigenvalue weighted by atomic mass is 79.9. The second-order valence-corrected chi connectivity index (χ2v) is 7.05. The van der Waals surface area contributed by atoms with Crippen LogP contribution in [0.25, 0.3) is 11.8 Å². The van der Waals surface area contributed by atoms with Gasteiger partial charge in [0.25, 0.3) is 5.91 Å². The zero-order valence-corrected chi connectivity index (χ0v) is 16.6. The molecule has 2 aromatic carbocycles. The van der Waals surface area contributed by atoms with Gasteiger partial charge in [-0.3, -0.25) is 4.79 Å². The summed E-state index contributed by atoms with van der Waals surface area (Å²) in [6.07, 6.45) is 1.63. The second kappa shape index (κ2) is 8.07. The second-order valence-electron chi connectivity index (χ2n) is 6.13. The number of rotatable bonds is 4. The number of amides is 1. The van der Waals surface area contributed by atoms with Crippen molar-refractivity contribution in [3.05, 3.63) is 87.7 Å². The van der Waals surface area contributed by atoms with Crippen LogP contribution in [0.15, 0.2) is 70.7 Å². The molecule has 0 bridgehead atoms. The van der Waals surface area contributed by atoms with Gasteiger partial charge in [-0.15, -0.1) is 0 Å². The molecule has 3 aromatic rings. The maximum atomic E-state index is 12.5. The molecule has 1 N–H and O–H groups in total. The molecule has 0 atom stereocenters. The lowest BCUT2D eigenvalue weighted by Crippen LogP contribution is -2.13. The molecule has 0 spiro atoms. The van der Waals surface area contributed by atoms with Crippen LogP contribution in [-0.2, 0) is 4.79 Å². The van der Waals surface area contributed by atoms with Crippen molar-refractivity contribution < 1.29 is 4.79 Å². The van der Waals surface area contributed by atoms with E-state index in [4.69, 9.17) is 0 Å². The predicted molar refractivity (Wildman–Crippen MR) is 112 cm³/mol. The van der Waals surface area contributed by atoms with Gasteiger partial charge in [0, 0.05) is 27.2 Å². The van der Waals surface area contributed by atoms with Crippen molar-refractivity contribution in [2.24, 2.45) is 0 Å². The third-order valence-electron chi connectivity index (χ3n) is 4.23. The molecule has 1 amide bonds. The summed E-state index contributed by atoms with van der Waals surface area (Å²) >= 11 is 3.50. The number of para-hydroxylation sites is 1. The fourth-order valence-corrected chi connectivity index (χ4v) is 3.36. The molecule has 0 saturated heterocycles. The normalized spacial score (nSPS) is 11.1. The van der Waals surface area contributed by atoms with Crippen molar-refractivity contribution in [1.82, 2.24) is 4.57 Å². The summed E-state index contributed by atoms with van der Waals surface area (Å²) in [5.41, 5.74) is 4.57. The van der Waals surface area contributed by atoms with Gasteiger partial charge in [0.2, 0.25) is 0 Å². The van der Waals surface area contributed by atoms with Crippen LogP contribution in [0, 0.1) is 25.2 Å². The van der Waals surface area contributed by atoms with Crippen LogP contribution in [-0.4, -0.2) is 10.5 Å². The number of halogens is 1. The van der Waals surface area contributed by atoms with Crippen molar-refractivity contribution >= 4 is 33.6 Å². The summed E-state index contributed by atoms with van der Waals surface area (Å²) in [5, 5.41) is 12.2. The monoisotopic (exact) mass is 419 g/mol. The van der Waals surface area contributed by atoms with Crippen molar-refractivity contribution in [2.45, 2.75) is 13.8 Å². The number of anilines is 1. The first-order valence-corrected chi connectivity index (χ1v) is 9.22. The lowest BCUT2D eigenvalue weighted by Gasteiger charge is -2.10. The summed E-state index contributed by atoms with van der Waals surface area (Å²) in [6.45, 7) is 3.98. The van der Waals surface area contributed by atoms with E-state index in [2.05, 4.69) is 25.8 Å². The molecule has 0 fully saturated rings. The Labute approximate surface area is 166 Å². The number of carbonyl (C=O) groups is 1. The summed E-state index contributed by atoms with van der Waals surface area (Å²) < 4.78 is 3.09. The molecule has 4 nitrogen and oxygen atoms in total. The summed E-state index contributed by atoms with van der Waals surface area (Å²) in [7, 11) is 0. The molecular weight excluding hydrogens is 402 g/mol. The number of nitrogens with one attached hydrogen (secondary N) is 1. The number of aryl methyl sites for hydroxylation is 1. The molecule has 134 valence electrons. The average Bonchev–Trinajstić information content (AvgIpc) is 2.93. The number of benzene rings is 2. The number of nitriles is 1. The van der Waals surface area contributed by atoms with Crippen molar-refractivity contribution in [3.8, 4) is 11.8 Å². The minimum atomic E-state index is -0.420. The maximum absolute atomic E-state index is 12.5. The van der Waals surface area contributed by atoms with Crippen molar-refractivity contribution in [3.63, 3.8) is 0 Å². The largest absolute Gasteiger partial charge is 0.321 e. The van der Waals surface area contributed by atoms with Crippen LogP contribution in [0.2, 0.25) is 0 Å². The third-order valence-corrected chi connectivity index (χ3v) is 4.73. The molecule has 0 aliphatic carbocycles. The topological polar surface area (TPSA) is 57.8 Å². The number of aromatic nitrogens is 1. The highest BCUT2D eigenvalue weighted by Crippen LogP contribution is 2.25. The molecule has 1 aromatic heterocycles. The Kier molecular flexibility index (Phi) is 5.58. The molecule has 5 heteroatoms. The van der Waals surface area contributed by atoms with Gasteiger partial charge in [-0.05, 0) is 61.9 Å². The Balaban J connectivity index is 1.95. The van der Waals surface area contributed by atoms with Gasteiger partial charge in [-0.1, -0.05) is 40.2 Å². The molecule has 27 heavy (non-hydrogen) atoms. The zero-order chi connectivity index (χ0) is 19.4. The lowest BCUT2D eigenvalue weighted by molar-refractivity contribution is -0.112. The van der Waals surface area contributed by atoms with Gasteiger partial charge in [0.15, 0.2) is 0 Å². The highest BCUT2D eigenvalue weighted by molar-refractivity contribution is 9.10. The Hall–Kier alpha value is -3.10. The first-order valence-electron chi connectivity index (χ1n) is 8.42. The Morgan fingerprint density at radius 3 is 2.52 bits per heavy atom. The van der Waals surface area contributed by atoms with Crippen LogP contribution in [0.3, 0.4) is 0 Å². The molecular formula is C22H18BrN3O. The van der Waals surface area contributed by atoms with Crippen LogP contribution in [0.5, 0.6) is 0 Å². The Morgan fingerprint density at radius 2 is 1.85 bits per heavy atom. The SMILES string of the molecule is Cc1cc(/C=C(/C#N)C(=O)Nc2ccccc2)c(C)n1-c1cccc(Br)c1. The first-order chi connectivity index (χ1) is 13.0. The van der Waals surface area contributed by atoms with E-state index in [1.807, 2.05) is 68.4 Å². The smallest absolute Gasteiger partial charge is 0.266 e. The van der Waals surface area contributed by atoms with Crippen LogP contribution >= 0.6 is 15.9 Å². The van der Waals surface area contributed by atoms with Gasteiger partial charge >= 0.3 is 0 Å². The van der Waals surface area contributed by atoms with Gasteiger partial charge in [-0.2, -0.15) is 5.26 Å². The van der Waals surface area contributed by atoms with Gasteiger partial charge in [0.1, 0.15) is 11.6 Å². The van der Waals surface area contributed by atoms with Crippen molar-refractivity contribution in [1.29, 1.82) is 5.26 Å². The highest BCUT2D eigenvalue weighted by Gasteiger charge is 2.14. The van der Waals surface area contributed by atoms with E-state index in [1.165, 1.54) is 0 Å². The minimum Gasteiger partial charge on any atom is -0.321 e. The minimum absolute atomic E-state index is 0.0633. The number of carbonyl (C=O) groups excluding carboxylic acids is 1. The molecule has 0 aliphatic rings.